The number of nitriles is 1. The first-order chi connectivity index (χ1) is 14.0. The third-order valence-corrected chi connectivity index (χ3v) is 4.96. The standard InChI is InChI=1S/C20H13F2N5OS/c21-13-5-14(22)7-15(6-13)25-19-1-2-24-20-8-16(26-27(19)20)11-29-18-4-12(10-23)3-17(28)9-18/h1-9,25,28H,11H2. The lowest BCUT2D eigenvalue weighted by Crippen LogP contribution is -2.01. The summed E-state index contributed by atoms with van der Waals surface area (Å²) in [6.07, 6.45) is 1.57. The van der Waals surface area contributed by atoms with Gasteiger partial charge in [-0.15, -0.1) is 11.8 Å². The molecular formula is C20H13F2N5OS. The van der Waals surface area contributed by atoms with Crippen LogP contribution in [0.4, 0.5) is 20.3 Å². The molecule has 0 amide bonds. The molecule has 29 heavy (non-hydrogen) atoms. The maximum Gasteiger partial charge on any atom is 0.157 e. The Morgan fingerprint density at radius 1 is 1.10 bits per heavy atom. The van der Waals surface area contributed by atoms with Crippen molar-refractivity contribution < 1.29 is 13.9 Å². The number of rotatable bonds is 5. The molecule has 0 fully saturated rings. The number of phenols is 1. The van der Waals surface area contributed by atoms with Crippen LogP contribution in [0.15, 0.2) is 59.6 Å². The molecule has 0 aliphatic rings. The topological polar surface area (TPSA) is 86.2 Å². The summed E-state index contributed by atoms with van der Waals surface area (Å²) in [4.78, 5) is 4.99. The van der Waals surface area contributed by atoms with E-state index in [1.165, 1.54) is 30.0 Å². The van der Waals surface area contributed by atoms with E-state index in [1.807, 2.05) is 6.07 Å². The molecule has 2 heterocycles. The fraction of sp³-hybridized carbons (Fsp3) is 0.0500. The van der Waals surface area contributed by atoms with Crippen molar-refractivity contribution >= 4 is 28.9 Å². The third kappa shape index (κ3) is 4.28. The summed E-state index contributed by atoms with van der Waals surface area (Å²) in [5, 5.41) is 26.1. The predicted octanol–water partition coefficient (Wildman–Crippen LogP) is 4.62. The number of fused-ring (bicyclic) bond motifs is 1. The van der Waals surface area contributed by atoms with Crippen LogP contribution in [0.3, 0.4) is 0 Å². The summed E-state index contributed by atoms with van der Waals surface area (Å²) in [7, 11) is 0. The molecule has 0 atom stereocenters. The number of aromatic nitrogens is 3. The number of hydrogen-bond acceptors (Lipinski definition) is 6. The van der Waals surface area contributed by atoms with Gasteiger partial charge < -0.3 is 10.4 Å². The number of nitrogens with one attached hydrogen (secondary N) is 1. The second kappa shape index (κ2) is 7.77. The molecular weight excluding hydrogens is 396 g/mol. The number of phenolic OH excluding ortho intramolecular Hbond substituents is 1. The Morgan fingerprint density at radius 3 is 2.66 bits per heavy atom. The largest absolute Gasteiger partial charge is 0.508 e. The Kier molecular flexibility index (Phi) is 5.01. The summed E-state index contributed by atoms with van der Waals surface area (Å²) in [6.45, 7) is 0. The van der Waals surface area contributed by atoms with Crippen LogP contribution < -0.4 is 5.32 Å². The highest BCUT2D eigenvalue weighted by molar-refractivity contribution is 7.98. The van der Waals surface area contributed by atoms with E-state index in [0.29, 0.717) is 28.5 Å². The van der Waals surface area contributed by atoms with Crippen molar-refractivity contribution in [2.75, 3.05) is 5.32 Å². The van der Waals surface area contributed by atoms with Gasteiger partial charge in [0.25, 0.3) is 0 Å². The van der Waals surface area contributed by atoms with Crippen LogP contribution in [-0.4, -0.2) is 19.7 Å². The van der Waals surface area contributed by atoms with Gasteiger partial charge in [-0.2, -0.15) is 14.9 Å². The smallest absolute Gasteiger partial charge is 0.157 e. The Labute approximate surface area is 168 Å². The molecule has 4 aromatic rings. The molecule has 4 rings (SSSR count). The quantitative estimate of drug-likeness (QED) is 0.468. The average Bonchev–Trinajstić information content (AvgIpc) is 3.09. The van der Waals surface area contributed by atoms with Crippen molar-refractivity contribution in [2.24, 2.45) is 0 Å². The van der Waals surface area contributed by atoms with Crippen molar-refractivity contribution in [3.8, 4) is 11.8 Å². The molecule has 0 saturated heterocycles. The molecule has 0 aliphatic heterocycles. The Morgan fingerprint density at radius 2 is 1.90 bits per heavy atom. The lowest BCUT2D eigenvalue weighted by atomic mass is 10.2. The first-order valence-electron chi connectivity index (χ1n) is 8.44. The molecule has 144 valence electrons. The first kappa shape index (κ1) is 18.7. The van der Waals surface area contributed by atoms with Crippen LogP contribution in [0, 0.1) is 23.0 Å². The molecule has 0 spiro atoms. The van der Waals surface area contributed by atoms with Gasteiger partial charge in [0.15, 0.2) is 5.65 Å². The van der Waals surface area contributed by atoms with Gasteiger partial charge in [-0.05, 0) is 36.4 Å². The number of hydrogen-bond donors (Lipinski definition) is 2. The highest BCUT2D eigenvalue weighted by atomic mass is 32.2. The summed E-state index contributed by atoms with van der Waals surface area (Å²) in [6, 6.07) is 13.3. The van der Waals surface area contributed by atoms with E-state index < -0.39 is 11.6 Å². The molecule has 0 saturated carbocycles. The number of halogens is 2. The highest BCUT2D eigenvalue weighted by Crippen LogP contribution is 2.28. The van der Waals surface area contributed by atoms with Gasteiger partial charge in [0.05, 0.1) is 17.3 Å². The minimum atomic E-state index is -0.682. The lowest BCUT2D eigenvalue weighted by molar-refractivity contribution is 0.473. The van der Waals surface area contributed by atoms with Crippen LogP contribution in [-0.2, 0) is 5.75 Å². The van der Waals surface area contributed by atoms with Gasteiger partial charge >= 0.3 is 0 Å². The number of benzene rings is 2. The van der Waals surface area contributed by atoms with E-state index in [0.717, 1.165) is 11.0 Å². The number of anilines is 2. The van der Waals surface area contributed by atoms with Crippen molar-refractivity contribution in [3.05, 3.63) is 77.6 Å². The van der Waals surface area contributed by atoms with Gasteiger partial charge in [0.1, 0.15) is 23.2 Å². The van der Waals surface area contributed by atoms with Crippen molar-refractivity contribution in [3.63, 3.8) is 0 Å². The third-order valence-electron chi connectivity index (χ3n) is 3.95. The minimum absolute atomic E-state index is 0.0250. The molecule has 6 nitrogen and oxygen atoms in total. The Hall–Kier alpha value is -3.64. The van der Waals surface area contributed by atoms with Crippen molar-refractivity contribution in [2.45, 2.75) is 10.6 Å². The normalized spacial score (nSPS) is 10.8. The summed E-state index contributed by atoms with van der Waals surface area (Å²) >= 11 is 1.41. The molecule has 2 aromatic heterocycles. The van der Waals surface area contributed by atoms with E-state index in [4.69, 9.17) is 5.26 Å². The molecule has 9 heteroatoms. The average molecular weight is 409 g/mol. The van der Waals surface area contributed by atoms with E-state index in [1.54, 1.807) is 35.0 Å². The zero-order valence-corrected chi connectivity index (χ0v) is 15.6. The summed E-state index contributed by atoms with van der Waals surface area (Å²) in [5.74, 6) is -0.361. The molecule has 2 aromatic carbocycles. The van der Waals surface area contributed by atoms with Gasteiger partial charge in [-0.3, -0.25) is 0 Å². The van der Waals surface area contributed by atoms with Gasteiger partial charge in [0.2, 0.25) is 0 Å². The fourth-order valence-electron chi connectivity index (χ4n) is 2.77. The van der Waals surface area contributed by atoms with Crippen molar-refractivity contribution in [1.29, 1.82) is 5.26 Å². The summed E-state index contributed by atoms with van der Waals surface area (Å²) < 4.78 is 28.4. The molecule has 0 radical (unpaired) electrons. The number of aromatic hydroxyl groups is 1. The molecule has 0 unspecified atom stereocenters. The maximum absolute atomic E-state index is 13.4. The van der Waals surface area contributed by atoms with Crippen LogP contribution >= 0.6 is 11.8 Å². The Balaban J connectivity index is 1.57. The van der Waals surface area contributed by atoms with Crippen LogP contribution in [0.1, 0.15) is 11.3 Å². The van der Waals surface area contributed by atoms with E-state index in [2.05, 4.69) is 15.4 Å². The van der Waals surface area contributed by atoms with E-state index >= 15 is 0 Å². The van der Waals surface area contributed by atoms with Gasteiger partial charge in [-0.1, -0.05) is 0 Å². The van der Waals surface area contributed by atoms with Crippen molar-refractivity contribution in [1.82, 2.24) is 14.6 Å². The SMILES string of the molecule is N#Cc1cc(O)cc(SCc2cc3nccc(Nc4cc(F)cc(F)c4)n3n2)c1. The monoisotopic (exact) mass is 409 g/mol. The van der Waals surface area contributed by atoms with Crippen LogP contribution in [0.2, 0.25) is 0 Å². The molecule has 0 aliphatic carbocycles. The predicted molar refractivity (Wildman–Crippen MR) is 105 cm³/mol. The zero-order chi connectivity index (χ0) is 20.4. The van der Waals surface area contributed by atoms with Gasteiger partial charge in [0, 0.05) is 34.7 Å². The van der Waals surface area contributed by atoms with Gasteiger partial charge in [-0.25, -0.2) is 13.8 Å². The number of thioether (sulfide) groups is 1. The lowest BCUT2D eigenvalue weighted by Gasteiger charge is -2.08. The minimum Gasteiger partial charge on any atom is -0.508 e. The second-order valence-electron chi connectivity index (χ2n) is 6.13. The zero-order valence-electron chi connectivity index (χ0n) is 14.8. The Bertz CT molecular complexity index is 1230. The summed E-state index contributed by atoms with van der Waals surface area (Å²) in [5.41, 5.74) is 1.91. The molecule has 2 N–H and O–H groups in total. The van der Waals surface area contributed by atoms with E-state index in [9.17, 15) is 13.9 Å². The first-order valence-corrected chi connectivity index (χ1v) is 9.42. The van der Waals surface area contributed by atoms with Crippen LogP contribution in [0.5, 0.6) is 5.75 Å². The highest BCUT2D eigenvalue weighted by Gasteiger charge is 2.09. The fourth-order valence-corrected chi connectivity index (χ4v) is 3.64. The van der Waals surface area contributed by atoms with Crippen LogP contribution in [0.25, 0.3) is 5.65 Å². The molecule has 0 bridgehead atoms. The second-order valence-corrected chi connectivity index (χ2v) is 7.18. The maximum atomic E-state index is 13.4. The van der Waals surface area contributed by atoms with E-state index in [-0.39, 0.29) is 11.4 Å². The number of nitrogens with zero attached hydrogens (tertiary/aromatic N) is 4.